The molecule has 0 aliphatic heterocycles. The standard InChI is InChI=1S/C21H26N4O/c1-14(2)25(4)13-17-8-6-5-7-16(17)12-22-21(26)20-18-11-15(3)9-10-19(18)23-24-20/h5-11,14H,12-13H2,1-4H3,(H,22,26)(H,23,24). The van der Waals surface area contributed by atoms with Gasteiger partial charge in [0.25, 0.3) is 5.91 Å². The minimum Gasteiger partial charge on any atom is -0.347 e. The maximum absolute atomic E-state index is 12.6. The van der Waals surface area contributed by atoms with E-state index in [0.717, 1.165) is 28.6 Å². The number of nitrogens with zero attached hydrogens (tertiary/aromatic N) is 2. The first-order chi connectivity index (χ1) is 12.5. The van der Waals surface area contributed by atoms with Gasteiger partial charge in [-0.15, -0.1) is 0 Å². The van der Waals surface area contributed by atoms with Gasteiger partial charge in [-0.1, -0.05) is 35.9 Å². The summed E-state index contributed by atoms with van der Waals surface area (Å²) < 4.78 is 0. The molecule has 2 N–H and O–H groups in total. The van der Waals surface area contributed by atoms with Crippen molar-refractivity contribution < 1.29 is 4.79 Å². The molecule has 0 saturated heterocycles. The molecule has 1 amide bonds. The highest BCUT2D eigenvalue weighted by Crippen LogP contribution is 2.18. The molecule has 0 aliphatic rings. The highest BCUT2D eigenvalue weighted by atomic mass is 16.1. The number of rotatable bonds is 6. The van der Waals surface area contributed by atoms with E-state index >= 15 is 0 Å². The van der Waals surface area contributed by atoms with Gasteiger partial charge in [-0.2, -0.15) is 5.10 Å². The van der Waals surface area contributed by atoms with Crippen LogP contribution in [-0.2, 0) is 13.1 Å². The van der Waals surface area contributed by atoms with E-state index in [4.69, 9.17) is 0 Å². The molecule has 26 heavy (non-hydrogen) atoms. The van der Waals surface area contributed by atoms with Crippen LogP contribution in [0.3, 0.4) is 0 Å². The van der Waals surface area contributed by atoms with Crippen molar-refractivity contribution in [3.8, 4) is 0 Å². The Morgan fingerprint density at radius 3 is 2.65 bits per heavy atom. The summed E-state index contributed by atoms with van der Waals surface area (Å²) in [5.41, 5.74) is 4.78. The second kappa shape index (κ2) is 7.70. The van der Waals surface area contributed by atoms with Gasteiger partial charge in [-0.3, -0.25) is 14.8 Å². The van der Waals surface area contributed by atoms with Crippen molar-refractivity contribution in [2.24, 2.45) is 0 Å². The lowest BCUT2D eigenvalue weighted by atomic mass is 10.1. The van der Waals surface area contributed by atoms with E-state index < -0.39 is 0 Å². The zero-order valence-electron chi connectivity index (χ0n) is 15.8. The van der Waals surface area contributed by atoms with Crippen LogP contribution in [0.15, 0.2) is 42.5 Å². The quantitative estimate of drug-likeness (QED) is 0.713. The summed E-state index contributed by atoms with van der Waals surface area (Å²) >= 11 is 0. The summed E-state index contributed by atoms with van der Waals surface area (Å²) in [5, 5.41) is 11.0. The molecule has 0 radical (unpaired) electrons. The number of carbonyl (C=O) groups is 1. The summed E-state index contributed by atoms with van der Waals surface area (Å²) in [5.74, 6) is -0.158. The number of aromatic amines is 1. The summed E-state index contributed by atoms with van der Waals surface area (Å²) in [6.07, 6.45) is 0. The predicted molar refractivity (Wildman–Crippen MR) is 105 cm³/mol. The first-order valence-electron chi connectivity index (χ1n) is 8.95. The zero-order valence-corrected chi connectivity index (χ0v) is 15.8. The van der Waals surface area contributed by atoms with Crippen LogP contribution in [0.1, 0.15) is 41.0 Å². The molecule has 0 spiro atoms. The zero-order chi connectivity index (χ0) is 18.7. The van der Waals surface area contributed by atoms with Crippen molar-refractivity contribution in [1.29, 1.82) is 0 Å². The van der Waals surface area contributed by atoms with Crippen molar-refractivity contribution in [2.45, 2.75) is 39.9 Å². The van der Waals surface area contributed by atoms with Gasteiger partial charge in [0.1, 0.15) is 0 Å². The van der Waals surface area contributed by atoms with Gasteiger partial charge in [0.2, 0.25) is 0 Å². The van der Waals surface area contributed by atoms with Crippen LogP contribution >= 0.6 is 0 Å². The van der Waals surface area contributed by atoms with Crippen molar-refractivity contribution in [2.75, 3.05) is 7.05 Å². The summed E-state index contributed by atoms with van der Waals surface area (Å²) in [6, 6.07) is 14.6. The molecule has 1 aromatic heterocycles. The lowest BCUT2D eigenvalue weighted by Gasteiger charge is -2.22. The molecule has 2 aromatic carbocycles. The van der Waals surface area contributed by atoms with Gasteiger partial charge in [0.15, 0.2) is 5.69 Å². The van der Waals surface area contributed by atoms with Crippen LogP contribution < -0.4 is 5.32 Å². The third kappa shape index (κ3) is 3.94. The Kier molecular flexibility index (Phi) is 5.38. The summed E-state index contributed by atoms with van der Waals surface area (Å²) in [4.78, 5) is 14.9. The number of hydrogen-bond donors (Lipinski definition) is 2. The lowest BCUT2D eigenvalue weighted by molar-refractivity contribution is 0.0947. The third-order valence-electron chi connectivity index (χ3n) is 4.79. The van der Waals surface area contributed by atoms with E-state index in [0.29, 0.717) is 18.3 Å². The lowest BCUT2D eigenvalue weighted by Crippen LogP contribution is -2.28. The summed E-state index contributed by atoms with van der Waals surface area (Å²) in [6.45, 7) is 7.70. The fourth-order valence-electron chi connectivity index (χ4n) is 2.90. The van der Waals surface area contributed by atoms with E-state index in [-0.39, 0.29) is 5.91 Å². The number of aryl methyl sites for hydroxylation is 1. The number of aromatic nitrogens is 2. The first-order valence-corrected chi connectivity index (χ1v) is 8.95. The number of benzene rings is 2. The number of amides is 1. The Balaban J connectivity index is 1.74. The molecule has 5 nitrogen and oxygen atoms in total. The van der Waals surface area contributed by atoms with E-state index in [2.05, 4.69) is 53.4 Å². The Labute approximate surface area is 154 Å². The van der Waals surface area contributed by atoms with Crippen LogP contribution in [-0.4, -0.2) is 34.1 Å². The van der Waals surface area contributed by atoms with E-state index in [9.17, 15) is 4.79 Å². The molecular formula is C21H26N4O. The van der Waals surface area contributed by atoms with Gasteiger partial charge >= 0.3 is 0 Å². The monoisotopic (exact) mass is 350 g/mol. The average molecular weight is 350 g/mol. The van der Waals surface area contributed by atoms with Crippen LogP contribution in [0.2, 0.25) is 0 Å². The highest BCUT2D eigenvalue weighted by Gasteiger charge is 2.15. The summed E-state index contributed by atoms with van der Waals surface area (Å²) in [7, 11) is 2.11. The third-order valence-corrected chi connectivity index (χ3v) is 4.79. The van der Waals surface area contributed by atoms with Gasteiger partial charge in [0, 0.05) is 24.5 Å². The SMILES string of the molecule is Cc1ccc2[nH]nc(C(=O)NCc3ccccc3CN(C)C(C)C)c2c1. The molecule has 3 aromatic rings. The normalized spacial score (nSPS) is 11.5. The second-order valence-electron chi connectivity index (χ2n) is 7.08. The van der Waals surface area contributed by atoms with Crippen molar-refractivity contribution >= 4 is 16.8 Å². The van der Waals surface area contributed by atoms with Gasteiger partial charge < -0.3 is 5.32 Å². The molecule has 0 saturated carbocycles. The first kappa shape index (κ1) is 18.1. The number of hydrogen-bond acceptors (Lipinski definition) is 3. The molecule has 136 valence electrons. The van der Waals surface area contributed by atoms with Crippen LogP contribution in [0.25, 0.3) is 10.9 Å². The van der Waals surface area contributed by atoms with Gasteiger partial charge in [-0.25, -0.2) is 0 Å². The maximum atomic E-state index is 12.6. The molecule has 0 aliphatic carbocycles. The molecule has 3 rings (SSSR count). The van der Waals surface area contributed by atoms with Gasteiger partial charge in [-0.05, 0) is 51.1 Å². The largest absolute Gasteiger partial charge is 0.347 e. The molecule has 0 unspecified atom stereocenters. The van der Waals surface area contributed by atoms with E-state index in [1.165, 1.54) is 5.56 Å². The molecule has 1 heterocycles. The molecular weight excluding hydrogens is 324 g/mol. The highest BCUT2D eigenvalue weighted by molar-refractivity contribution is 6.04. The van der Waals surface area contributed by atoms with Crippen LogP contribution in [0.5, 0.6) is 0 Å². The van der Waals surface area contributed by atoms with E-state index in [1.807, 2.05) is 37.3 Å². The predicted octanol–water partition coefficient (Wildman–Crippen LogP) is 3.64. The fourth-order valence-corrected chi connectivity index (χ4v) is 2.90. The Bertz CT molecular complexity index is 913. The van der Waals surface area contributed by atoms with Crippen molar-refractivity contribution in [1.82, 2.24) is 20.4 Å². The maximum Gasteiger partial charge on any atom is 0.272 e. The number of H-pyrrole nitrogens is 1. The molecule has 0 atom stereocenters. The van der Waals surface area contributed by atoms with Crippen molar-refractivity contribution in [3.63, 3.8) is 0 Å². The average Bonchev–Trinajstić information content (AvgIpc) is 3.03. The van der Waals surface area contributed by atoms with E-state index in [1.54, 1.807) is 0 Å². The van der Waals surface area contributed by atoms with Gasteiger partial charge in [0.05, 0.1) is 5.52 Å². The van der Waals surface area contributed by atoms with Crippen molar-refractivity contribution in [3.05, 3.63) is 64.8 Å². The van der Waals surface area contributed by atoms with Crippen LogP contribution in [0, 0.1) is 6.92 Å². The molecule has 5 heteroatoms. The number of fused-ring (bicyclic) bond motifs is 1. The fraction of sp³-hybridized carbons (Fsp3) is 0.333. The number of carbonyl (C=O) groups excluding carboxylic acids is 1. The number of nitrogens with one attached hydrogen (secondary N) is 2. The topological polar surface area (TPSA) is 61.0 Å². The Hall–Kier alpha value is -2.66. The smallest absolute Gasteiger partial charge is 0.272 e. The minimum atomic E-state index is -0.158. The Morgan fingerprint density at radius 1 is 1.19 bits per heavy atom. The van der Waals surface area contributed by atoms with Crippen LogP contribution in [0.4, 0.5) is 0 Å². The molecule has 0 fully saturated rings. The second-order valence-corrected chi connectivity index (χ2v) is 7.08. The Morgan fingerprint density at radius 2 is 1.92 bits per heavy atom. The minimum absolute atomic E-state index is 0.158. The molecule has 0 bridgehead atoms.